The number of hydrogen-bond acceptors (Lipinski definition) is 5. The number of benzene rings is 1. The molecule has 1 aliphatic rings. The zero-order valence-electron chi connectivity index (χ0n) is 12.7. The van der Waals surface area contributed by atoms with Gasteiger partial charge in [0.05, 0.1) is 12.8 Å². The maximum Gasteiger partial charge on any atom is 0.233 e. The van der Waals surface area contributed by atoms with E-state index >= 15 is 0 Å². The molecule has 1 fully saturated rings. The third-order valence-electron chi connectivity index (χ3n) is 3.80. The lowest BCUT2D eigenvalue weighted by atomic mass is 10.0. The molecule has 0 bridgehead atoms. The van der Waals surface area contributed by atoms with E-state index in [2.05, 4.69) is 10.2 Å². The molecule has 1 saturated heterocycles. The van der Waals surface area contributed by atoms with Crippen LogP contribution in [0, 0.1) is 11.6 Å². The third-order valence-corrected chi connectivity index (χ3v) is 6.08. The van der Waals surface area contributed by atoms with Gasteiger partial charge in [0, 0.05) is 23.1 Å². The van der Waals surface area contributed by atoms with E-state index in [0.717, 1.165) is 12.1 Å². The minimum atomic E-state index is -1.50. The summed E-state index contributed by atoms with van der Waals surface area (Å²) in [5.41, 5.74) is 0.0935. The second-order valence-electron chi connectivity index (χ2n) is 5.29. The molecule has 0 radical (unpaired) electrons. The topological polar surface area (TPSA) is 69.2 Å². The van der Waals surface area contributed by atoms with Crippen LogP contribution in [0.2, 0.25) is 0 Å². The van der Waals surface area contributed by atoms with Crippen LogP contribution in [0.15, 0.2) is 30.3 Å². The molecule has 2 unspecified atom stereocenters. The van der Waals surface area contributed by atoms with E-state index in [1.54, 1.807) is 0 Å². The Labute approximate surface area is 139 Å². The predicted octanol–water partition coefficient (Wildman–Crippen LogP) is 2.16. The quantitative estimate of drug-likeness (QED) is 0.675. The minimum Gasteiger partial charge on any atom is -0.480 e. The van der Waals surface area contributed by atoms with E-state index in [1.807, 2.05) is 0 Å². The number of halogens is 2. The molecule has 2 atom stereocenters. The minimum absolute atomic E-state index is 0.000314. The Hall–Kier alpha value is -2.35. The van der Waals surface area contributed by atoms with Gasteiger partial charge in [-0.1, -0.05) is 6.07 Å². The van der Waals surface area contributed by atoms with Gasteiger partial charge in [-0.05, 0) is 18.2 Å². The van der Waals surface area contributed by atoms with Crippen molar-refractivity contribution in [1.82, 2.24) is 10.2 Å². The van der Waals surface area contributed by atoms with Crippen LogP contribution < -0.4 is 4.74 Å². The van der Waals surface area contributed by atoms with E-state index in [4.69, 9.17) is 4.74 Å². The molecule has 1 aromatic heterocycles. The molecule has 3 rings (SSSR count). The summed E-state index contributed by atoms with van der Waals surface area (Å²) in [6.45, 7) is 0. The smallest absolute Gasteiger partial charge is 0.233 e. The number of ether oxygens (including phenoxy) is 1. The first-order valence-corrected chi connectivity index (χ1v) is 8.84. The van der Waals surface area contributed by atoms with Crippen LogP contribution in [-0.4, -0.2) is 34.0 Å². The van der Waals surface area contributed by atoms with Crippen molar-refractivity contribution in [2.24, 2.45) is 0 Å². The van der Waals surface area contributed by atoms with Crippen molar-refractivity contribution in [3.63, 3.8) is 0 Å². The average molecular weight is 352 g/mol. The van der Waals surface area contributed by atoms with Gasteiger partial charge in [-0.25, -0.2) is 8.78 Å². The fraction of sp³-hybridized carbons (Fsp3) is 0.250. The summed E-state index contributed by atoms with van der Waals surface area (Å²) in [6.07, 6.45) is 0. The second kappa shape index (κ2) is 6.64. The van der Waals surface area contributed by atoms with Gasteiger partial charge in [-0.3, -0.25) is 9.59 Å². The number of aromatic nitrogens is 2. The van der Waals surface area contributed by atoms with Gasteiger partial charge < -0.3 is 4.74 Å². The molecule has 2 aromatic rings. The van der Waals surface area contributed by atoms with Gasteiger partial charge in [-0.2, -0.15) is 16.0 Å². The molecule has 5 nitrogen and oxygen atoms in total. The van der Waals surface area contributed by atoms with E-state index in [9.17, 15) is 18.4 Å². The van der Waals surface area contributed by atoms with Crippen LogP contribution in [0.5, 0.6) is 5.88 Å². The number of ketones is 1. The number of methoxy groups -OCH3 is 1. The van der Waals surface area contributed by atoms with E-state index < -0.39 is 28.4 Å². The second-order valence-corrected chi connectivity index (χ2v) is 7.45. The first-order valence-electron chi connectivity index (χ1n) is 7.13. The Bertz CT molecular complexity index is 778. The molecule has 2 heterocycles. The molecule has 1 aromatic carbocycles. The first-order chi connectivity index (χ1) is 11.5. The van der Waals surface area contributed by atoms with Gasteiger partial charge >= 0.3 is 0 Å². The Morgan fingerprint density at radius 2 is 1.88 bits per heavy atom. The normalized spacial score (nSPS) is 22.0. The Morgan fingerprint density at radius 1 is 1.17 bits per heavy atom. The largest absolute Gasteiger partial charge is 0.480 e. The zero-order chi connectivity index (χ0) is 17.3. The summed E-state index contributed by atoms with van der Waals surface area (Å²) < 4.78 is 32.4. The van der Waals surface area contributed by atoms with E-state index in [0.29, 0.717) is 0 Å². The summed E-state index contributed by atoms with van der Waals surface area (Å²) in [4.78, 5) is 24.8. The Kier molecular flexibility index (Phi) is 4.57. The molecular formula is C16H14F2N2O3S. The maximum absolute atomic E-state index is 13.8. The molecule has 0 saturated carbocycles. The van der Waals surface area contributed by atoms with Gasteiger partial charge in [0.15, 0.2) is 10.9 Å². The van der Waals surface area contributed by atoms with Gasteiger partial charge in [-0.15, -0.1) is 5.10 Å². The lowest BCUT2D eigenvalue weighted by Crippen LogP contribution is -2.15. The highest BCUT2D eigenvalue weighted by Crippen LogP contribution is 2.45. The molecule has 0 N–H and O–H groups in total. The summed E-state index contributed by atoms with van der Waals surface area (Å²) in [5, 5.41) is 7.29. The molecule has 24 heavy (non-hydrogen) atoms. The standard InChI is InChI=1S/C16H14F2N2O3S/c1-23-14-6-5-12(19-20-14)15-13(21)8-24(16(15)22)7-9-10(17)3-2-4-11(9)18/h2-6,15,24H,7-8H2,1H3. The Morgan fingerprint density at radius 3 is 2.46 bits per heavy atom. The zero-order valence-corrected chi connectivity index (χ0v) is 13.6. The average Bonchev–Trinajstić information content (AvgIpc) is 2.85. The molecule has 0 amide bonds. The lowest BCUT2D eigenvalue weighted by molar-refractivity contribution is -0.122. The highest BCUT2D eigenvalue weighted by atomic mass is 32.2. The molecule has 8 heteroatoms. The van der Waals surface area contributed by atoms with Crippen molar-refractivity contribution < 1.29 is 23.1 Å². The predicted molar refractivity (Wildman–Crippen MR) is 85.3 cm³/mol. The van der Waals surface area contributed by atoms with E-state index in [1.165, 1.54) is 25.3 Å². The van der Waals surface area contributed by atoms with Gasteiger partial charge in [0.2, 0.25) is 5.88 Å². The van der Waals surface area contributed by atoms with Crippen LogP contribution >= 0.6 is 10.9 Å². The molecule has 126 valence electrons. The van der Waals surface area contributed by atoms with Crippen LogP contribution in [0.4, 0.5) is 8.78 Å². The highest BCUT2D eigenvalue weighted by Gasteiger charge is 2.41. The van der Waals surface area contributed by atoms with Crippen LogP contribution in [0.1, 0.15) is 17.2 Å². The number of Topliss-reactive ketones (excluding diaryl/α,β-unsaturated/α-hetero) is 1. The summed E-state index contributed by atoms with van der Waals surface area (Å²) in [7, 11) is -0.0677. The van der Waals surface area contributed by atoms with Crippen molar-refractivity contribution in [3.05, 3.63) is 53.2 Å². The summed E-state index contributed by atoms with van der Waals surface area (Å²) >= 11 is 0. The number of rotatable bonds is 4. The van der Waals surface area contributed by atoms with Gasteiger partial charge in [0.1, 0.15) is 17.6 Å². The summed E-state index contributed by atoms with van der Waals surface area (Å²) in [6, 6.07) is 6.57. The number of carbonyl (C=O) groups is 2. The fourth-order valence-corrected chi connectivity index (χ4v) is 4.88. The maximum atomic E-state index is 13.8. The molecule has 0 spiro atoms. The molecule has 1 aliphatic heterocycles. The van der Waals surface area contributed by atoms with Crippen molar-refractivity contribution in [3.8, 4) is 5.88 Å². The monoisotopic (exact) mass is 352 g/mol. The SMILES string of the molecule is COc1ccc(C2C(=O)C[SH](Cc3c(F)cccc3F)C2=O)nn1. The number of carbonyl (C=O) groups excluding carboxylic acids is 2. The van der Waals surface area contributed by atoms with Crippen molar-refractivity contribution in [2.75, 3.05) is 12.9 Å². The van der Waals surface area contributed by atoms with Crippen molar-refractivity contribution >= 4 is 21.8 Å². The fourth-order valence-electron chi connectivity index (χ4n) is 2.57. The molecule has 0 aliphatic carbocycles. The van der Waals surface area contributed by atoms with Crippen molar-refractivity contribution in [1.29, 1.82) is 0 Å². The van der Waals surface area contributed by atoms with Crippen LogP contribution in [-0.2, 0) is 15.3 Å². The van der Waals surface area contributed by atoms with Crippen molar-refractivity contribution in [2.45, 2.75) is 11.7 Å². The van der Waals surface area contributed by atoms with E-state index in [-0.39, 0.29) is 39.5 Å². The lowest BCUT2D eigenvalue weighted by Gasteiger charge is -2.14. The number of thiol groups is 1. The number of hydrogen-bond donors (Lipinski definition) is 1. The summed E-state index contributed by atoms with van der Waals surface area (Å²) in [5.74, 6) is -2.52. The molecular weight excluding hydrogens is 338 g/mol. The third kappa shape index (κ3) is 3.01. The highest BCUT2D eigenvalue weighted by molar-refractivity contribution is 8.30. The van der Waals surface area contributed by atoms with Crippen LogP contribution in [0.25, 0.3) is 0 Å². The van der Waals surface area contributed by atoms with Gasteiger partial charge in [0.25, 0.3) is 0 Å². The Balaban J connectivity index is 1.83. The first kappa shape index (κ1) is 16.5. The number of nitrogens with zero attached hydrogens (tertiary/aromatic N) is 2. The van der Waals surface area contributed by atoms with Crippen LogP contribution in [0.3, 0.4) is 0 Å².